The van der Waals surface area contributed by atoms with Crippen molar-refractivity contribution >= 4 is 11.7 Å². The fourth-order valence-corrected chi connectivity index (χ4v) is 2.39. The summed E-state index contributed by atoms with van der Waals surface area (Å²) in [6, 6.07) is 5.02. The molecule has 1 aliphatic heterocycles. The van der Waals surface area contributed by atoms with E-state index in [2.05, 4.69) is 0 Å². The van der Waals surface area contributed by atoms with Crippen molar-refractivity contribution in [2.24, 2.45) is 0 Å². The number of benzene rings is 1. The molecule has 0 aromatic heterocycles. The van der Waals surface area contributed by atoms with Crippen LogP contribution in [0.25, 0.3) is 0 Å². The summed E-state index contributed by atoms with van der Waals surface area (Å²) in [6.45, 7) is 4.00. The van der Waals surface area contributed by atoms with Crippen LogP contribution in [-0.2, 0) is 4.79 Å². The van der Waals surface area contributed by atoms with Crippen LogP contribution in [-0.4, -0.2) is 42.9 Å². The van der Waals surface area contributed by atoms with Crippen LogP contribution < -0.4 is 9.47 Å². The van der Waals surface area contributed by atoms with Crippen LogP contribution >= 0.6 is 0 Å². The third kappa shape index (κ3) is 2.35. The average molecular weight is 277 g/mol. The Morgan fingerprint density at radius 2 is 1.70 bits per heavy atom. The van der Waals surface area contributed by atoms with Crippen LogP contribution in [0.15, 0.2) is 18.2 Å². The summed E-state index contributed by atoms with van der Waals surface area (Å²) in [5.74, 6) is 1.01. The highest BCUT2D eigenvalue weighted by molar-refractivity contribution is 6.02. The Bertz CT molecular complexity index is 529. The lowest BCUT2D eigenvalue weighted by molar-refractivity contribution is -0.123. The number of methoxy groups -OCH3 is 2. The molecular formula is C15H19NO4. The summed E-state index contributed by atoms with van der Waals surface area (Å²) in [5.41, 5.74) is -0.295. The molecule has 1 saturated heterocycles. The van der Waals surface area contributed by atoms with E-state index in [9.17, 15) is 9.59 Å². The van der Waals surface area contributed by atoms with Crippen molar-refractivity contribution in [1.82, 2.24) is 4.90 Å². The van der Waals surface area contributed by atoms with E-state index >= 15 is 0 Å². The summed E-state index contributed by atoms with van der Waals surface area (Å²) >= 11 is 0. The first-order valence-electron chi connectivity index (χ1n) is 6.48. The Morgan fingerprint density at radius 1 is 1.15 bits per heavy atom. The summed E-state index contributed by atoms with van der Waals surface area (Å²) in [7, 11) is 3.07. The molecule has 1 aromatic rings. The van der Waals surface area contributed by atoms with E-state index in [-0.39, 0.29) is 11.7 Å². The molecule has 0 radical (unpaired) electrons. The zero-order chi connectivity index (χ0) is 14.9. The first-order valence-corrected chi connectivity index (χ1v) is 6.48. The molecule has 1 aromatic carbocycles. The number of hydrogen-bond donors (Lipinski definition) is 0. The van der Waals surface area contributed by atoms with Crippen molar-refractivity contribution in [2.45, 2.75) is 25.8 Å². The fourth-order valence-electron chi connectivity index (χ4n) is 2.39. The smallest absolute Gasteiger partial charge is 0.254 e. The van der Waals surface area contributed by atoms with Gasteiger partial charge in [0.05, 0.1) is 19.8 Å². The summed E-state index contributed by atoms with van der Waals surface area (Å²) < 4.78 is 10.3. The third-order valence-electron chi connectivity index (χ3n) is 3.76. The maximum absolute atomic E-state index is 12.6. The molecular weight excluding hydrogens is 258 g/mol. The van der Waals surface area contributed by atoms with E-state index < -0.39 is 5.54 Å². The number of Topliss-reactive ketones (excluding diaryl/α,β-unsaturated/α-hetero) is 1. The van der Waals surface area contributed by atoms with Gasteiger partial charge in [0.15, 0.2) is 5.78 Å². The first-order chi connectivity index (χ1) is 9.40. The second kappa shape index (κ2) is 5.15. The Morgan fingerprint density at radius 3 is 2.10 bits per heavy atom. The second-order valence-corrected chi connectivity index (χ2v) is 5.29. The number of hydrogen-bond acceptors (Lipinski definition) is 4. The van der Waals surface area contributed by atoms with Crippen molar-refractivity contribution in [3.63, 3.8) is 0 Å². The monoisotopic (exact) mass is 277 g/mol. The number of ketones is 1. The van der Waals surface area contributed by atoms with Gasteiger partial charge >= 0.3 is 0 Å². The van der Waals surface area contributed by atoms with Crippen molar-refractivity contribution in [3.05, 3.63) is 23.8 Å². The van der Waals surface area contributed by atoms with Crippen molar-refractivity contribution in [2.75, 3.05) is 20.8 Å². The molecule has 1 amide bonds. The Balaban J connectivity index is 2.36. The van der Waals surface area contributed by atoms with Crippen molar-refractivity contribution in [3.8, 4) is 11.5 Å². The lowest BCUT2D eigenvalue weighted by Gasteiger charge is -2.30. The standard InChI is InChI=1S/C15H19NO4/c1-15(2)13(17)5-6-16(15)14(18)10-7-11(19-3)9-12(8-10)20-4/h7-9H,5-6H2,1-4H3. The summed E-state index contributed by atoms with van der Waals surface area (Å²) in [5, 5.41) is 0. The molecule has 1 fully saturated rings. The first kappa shape index (κ1) is 14.4. The molecule has 5 nitrogen and oxygen atoms in total. The zero-order valence-electron chi connectivity index (χ0n) is 12.2. The maximum atomic E-state index is 12.6. The minimum absolute atomic E-state index is 0.0840. The Labute approximate surface area is 118 Å². The zero-order valence-corrected chi connectivity index (χ0v) is 12.2. The lowest BCUT2D eigenvalue weighted by atomic mass is 10.00. The van der Waals surface area contributed by atoms with E-state index in [4.69, 9.17) is 9.47 Å². The van der Waals surface area contributed by atoms with Crippen molar-refractivity contribution in [1.29, 1.82) is 0 Å². The summed E-state index contributed by atoms with van der Waals surface area (Å²) in [4.78, 5) is 26.1. The molecule has 0 atom stereocenters. The molecule has 1 heterocycles. The van der Waals surface area contributed by atoms with E-state index in [1.807, 2.05) is 0 Å². The number of likely N-dealkylation sites (tertiary alicyclic amines) is 1. The maximum Gasteiger partial charge on any atom is 0.254 e. The highest BCUT2D eigenvalue weighted by Gasteiger charge is 2.43. The fraction of sp³-hybridized carbons (Fsp3) is 0.467. The van der Waals surface area contributed by atoms with Crippen LogP contribution in [0.1, 0.15) is 30.6 Å². The molecule has 0 N–H and O–H groups in total. The molecule has 20 heavy (non-hydrogen) atoms. The van der Waals surface area contributed by atoms with Gasteiger partial charge in [-0.25, -0.2) is 0 Å². The second-order valence-electron chi connectivity index (χ2n) is 5.29. The predicted octanol–water partition coefficient (Wildman–Crippen LogP) is 1.90. The molecule has 5 heteroatoms. The average Bonchev–Trinajstić information content (AvgIpc) is 2.71. The largest absolute Gasteiger partial charge is 0.497 e. The van der Waals surface area contributed by atoms with Gasteiger partial charge in [0, 0.05) is 24.6 Å². The van der Waals surface area contributed by atoms with E-state index in [1.54, 1.807) is 36.9 Å². The van der Waals surface area contributed by atoms with Crippen LogP contribution in [0.5, 0.6) is 11.5 Å². The van der Waals surface area contributed by atoms with Crippen LogP contribution in [0.2, 0.25) is 0 Å². The topological polar surface area (TPSA) is 55.8 Å². The van der Waals surface area contributed by atoms with Gasteiger partial charge in [0.1, 0.15) is 11.5 Å². The molecule has 0 aliphatic carbocycles. The SMILES string of the molecule is COc1cc(OC)cc(C(=O)N2CCC(=O)C2(C)C)c1. The minimum Gasteiger partial charge on any atom is -0.497 e. The summed E-state index contributed by atoms with van der Waals surface area (Å²) in [6.07, 6.45) is 0.403. The van der Waals surface area contributed by atoms with Gasteiger partial charge in [-0.15, -0.1) is 0 Å². The number of rotatable bonds is 3. The van der Waals surface area contributed by atoms with Crippen LogP contribution in [0.4, 0.5) is 0 Å². The van der Waals surface area contributed by atoms with Gasteiger partial charge in [-0.1, -0.05) is 0 Å². The molecule has 0 saturated carbocycles. The van der Waals surface area contributed by atoms with Gasteiger partial charge in [0.25, 0.3) is 5.91 Å². The number of amides is 1. The number of nitrogens with zero attached hydrogens (tertiary/aromatic N) is 1. The van der Waals surface area contributed by atoms with Crippen LogP contribution in [0.3, 0.4) is 0 Å². The third-order valence-corrected chi connectivity index (χ3v) is 3.76. The molecule has 0 bridgehead atoms. The highest BCUT2D eigenvalue weighted by Crippen LogP contribution is 2.29. The van der Waals surface area contributed by atoms with Crippen LogP contribution in [0, 0.1) is 0 Å². The predicted molar refractivity (Wildman–Crippen MR) is 74.3 cm³/mol. The normalized spacial score (nSPS) is 17.2. The van der Waals surface area contributed by atoms with Gasteiger partial charge in [-0.05, 0) is 26.0 Å². The number of ether oxygens (including phenoxy) is 2. The lowest BCUT2D eigenvalue weighted by Crippen LogP contribution is -2.46. The number of carbonyl (C=O) groups excluding carboxylic acids is 2. The number of carbonyl (C=O) groups is 2. The van der Waals surface area contributed by atoms with Gasteiger partial charge < -0.3 is 14.4 Å². The van der Waals surface area contributed by atoms with Gasteiger partial charge in [-0.2, -0.15) is 0 Å². The molecule has 0 unspecified atom stereocenters. The minimum atomic E-state index is -0.757. The highest BCUT2D eigenvalue weighted by atomic mass is 16.5. The van der Waals surface area contributed by atoms with E-state index in [0.29, 0.717) is 30.0 Å². The Hall–Kier alpha value is -2.04. The van der Waals surface area contributed by atoms with Gasteiger partial charge in [-0.3, -0.25) is 9.59 Å². The molecule has 0 spiro atoms. The van der Waals surface area contributed by atoms with E-state index in [1.165, 1.54) is 14.2 Å². The Kier molecular flexibility index (Phi) is 3.70. The molecule has 1 aliphatic rings. The van der Waals surface area contributed by atoms with Crippen molar-refractivity contribution < 1.29 is 19.1 Å². The molecule has 108 valence electrons. The van der Waals surface area contributed by atoms with Gasteiger partial charge in [0.2, 0.25) is 0 Å². The quantitative estimate of drug-likeness (QED) is 0.846. The molecule has 2 rings (SSSR count). The van der Waals surface area contributed by atoms with E-state index in [0.717, 1.165) is 0 Å².